The lowest BCUT2D eigenvalue weighted by molar-refractivity contribution is 0.472. The summed E-state index contributed by atoms with van der Waals surface area (Å²) in [5, 5.41) is 0. The standard InChI is InChI=1S/2C7H12N2.C2H6O6S2/c2*1-3-4-7-6(2)8-5-9-7;3-9(4,5)1-2-10(6,7)8/h2*5H,3-4H2,1-2H3,(H,8,9);1-2H2,(H,3,4,5)(H,6,7,8). The average molecular weight is 439 g/mol. The van der Waals surface area contributed by atoms with Crippen LogP contribution in [-0.2, 0) is 33.1 Å². The number of nitrogens with one attached hydrogen (secondary N) is 2. The van der Waals surface area contributed by atoms with E-state index >= 15 is 0 Å². The molecule has 2 heterocycles. The molecule has 4 N–H and O–H groups in total. The number of imidazole rings is 2. The first kappa shape index (κ1) is 26.2. The van der Waals surface area contributed by atoms with Gasteiger partial charge in [0.2, 0.25) is 0 Å². The second kappa shape index (κ2) is 12.6. The maximum atomic E-state index is 9.86. The van der Waals surface area contributed by atoms with Gasteiger partial charge in [0.25, 0.3) is 20.2 Å². The van der Waals surface area contributed by atoms with E-state index in [1.165, 1.54) is 35.6 Å². The molecule has 0 aliphatic rings. The number of hydrogen-bond donors (Lipinski definition) is 4. The quantitative estimate of drug-likeness (QED) is 0.477. The van der Waals surface area contributed by atoms with E-state index in [1.807, 2.05) is 0 Å². The second-order valence-corrected chi connectivity index (χ2v) is 9.16. The summed E-state index contributed by atoms with van der Waals surface area (Å²) in [4.78, 5) is 14.4. The average Bonchev–Trinajstić information content (AvgIpc) is 3.16. The fraction of sp³-hybridized carbons (Fsp3) is 0.625. The van der Waals surface area contributed by atoms with Crippen LogP contribution in [0.5, 0.6) is 0 Å². The maximum absolute atomic E-state index is 9.86. The van der Waals surface area contributed by atoms with Crippen molar-refractivity contribution in [3.05, 3.63) is 35.4 Å². The van der Waals surface area contributed by atoms with Crippen LogP contribution >= 0.6 is 0 Å². The Hall–Kier alpha value is -1.76. The van der Waals surface area contributed by atoms with Crippen molar-refractivity contribution in [3.63, 3.8) is 0 Å². The van der Waals surface area contributed by atoms with Gasteiger partial charge in [0.1, 0.15) is 0 Å². The Labute approximate surface area is 166 Å². The van der Waals surface area contributed by atoms with Gasteiger partial charge in [0.05, 0.1) is 35.5 Å². The van der Waals surface area contributed by atoms with Crippen LogP contribution in [0.2, 0.25) is 0 Å². The summed E-state index contributed by atoms with van der Waals surface area (Å²) in [5.74, 6) is -1.96. The topological polar surface area (TPSA) is 166 Å². The van der Waals surface area contributed by atoms with Gasteiger partial charge in [-0.15, -0.1) is 0 Å². The van der Waals surface area contributed by atoms with E-state index < -0.39 is 31.7 Å². The minimum absolute atomic E-state index is 0.980. The van der Waals surface area contributed by atoms with Crippen LogP contribution < -0.4 is 0 Å². The highest BCUT2D eigenvalue weighted by molar-refractivity contribution is 7.89. The molecule has 0 radical (unpaired) electrons. The third kappa shape index (κ3) is 13.4. The van der Waals surface area contributed by atoms with E-state index in [2.05, 4.69) is 47.6 Å². The Bertz CT molecular complexity index is 814. The lowest BCUT2D eigenvalue weighted by Gasteiger charge is -1.92. The van der Waals surface area contributed by atoms with Crippen molar-refractivity contribution >= 4 is 20.2 Å². The fourth-order valence-electron chi connectivity index (χ4n) is 1.96. The van der Waals surface area contributed by atoms with Crippen LogP contribution in [0.3, 0.4) is 0 Å². The number of aryl methyl sites for hydroxylation is 4. The summed E-state index contributed by atoms with van der Waals surface area (Å²) < 4.78 is 55.4. The maximum Gasteiger partial charge on any atom is 0.265 e. The third-order valence-electron chi connectivity index (χ3n) is 3.44. The molecule has 2 rings (SSSR count). The predicted octanol–water partition coefficient (Wildman–Crippen LogP) is 2.10. The molecule has 10 nitrogen and oxygen atoms in total. The zero-order valence-electron chi connectivity index (χ0n) is 16.6. The lowest BCUT2D eigenvalue weighted by atomic mass is 10.2. The molecule has 2 aromatic rings. The molecular formula is C16H30N4O6S2. The van der Waals surface area contributed by atoms with Crippen LogP contribution in [0.15, 0.2) is 12.7 Å². The van der Waals surface area contributed by atoms with Gasteiger partial charge in [0.15, 0.2) is 0 Å². The van der Waals surface area contributed by atoms with Crippen LogP contribution in [0.25, 0.3) is 0 Å². The Kier molecular flexibility index (Phi) is 11.9. The van der Waals surface area contributed by atoms with Gasteiger partial charge in [-0.1, -0.05) is 26.7 Å². The van der Waals surface area contributed by atoms with Gasteiger partial charge in [-0.2, -0.15) is 16.8 Å². The first-order valence-corrected chi connectivity index (χ1v) is 12.0. The summed E-state index contributed by atoms with van der Waals surface area (Å²) >= 11 is 0. The third-order valence-corrected chi connectivity index (χ3v) is 5.14. The van der Waals surface area contributed by atoms with Crippen molar-refractivity contribution in [2.75, 3.05) is 11.5 Å². The Balaban J connectivity index is 0.000000391. The zero-order valence-corrected chi connectivity index (χ0v) is 18.3. The molecule has 0 saturated heterocycles. The van der Waals surface area contributed by atoms with Crippen LogP contribution in [-0.4, -0.2) is 57.4 Å². The minimum Gasteiger partial charge on any atom is -0.348 e. The molecule has 0 unspecified atom stereocenters. The summed E-state index contributed by atoms with van der Waals surface area (Å²) in [7, 11) is -8.59. The Morgan fingerprint density at radius 1 is 0.786 bits per heavy atom. The van der Waals surface area contributed by atoms with Crippen LogP contribution in [0.1, 0.15) is 49.5 Å². The van der Waals surface area contributed by atoms with E-state index in [1.54, 1.807) is 12.7 Å². The number of hydrogen-bond acceptors (Lipinski definition) is 6. The molecule has 0 bridgehead atoms. The summed E-state index contributed by atoms with van der Waals surface area (Å²) in [6, 6.07) is 0. The summed E-state index contributed by atoms with van der Waals surface area (Å²) in [6.07, 6.45) is 8.03. The number of aromatic amines is 2. The summed E-state index contributed by atoms with van der Waals surface area (Å²) in [5.41, 5.74) is 4.82. The molecule has 0 atom stereocenters. The van der Waals surface area contributed by atoms with E-state index in [0.29, 0.717) is 0 Å². The van der Waals surface area contributed by atoms with Crippen molar-refractivity contribution < 1.29 is 25.9 Å². The lowest BCUT2D eigenvalue weighted by Crippen LogP contribution is -2.15. The molecule has 0 aliphatic carbocycles. The molecule has 0 saturated carbocycles. The SMILES string of the molecule is CCCc1nc[nH]c1C.CCCc1nc[nH]c1C.O=S(=O)(O)CCS(=O)(=O)O. The van der Waals surface area contributed by atoms with Crippen molar-refractivity contribution in [2.24, 2.45) is 0 Å². The molecule has 0 amide bonds. The van der Waals surface area contributed by atoms with E-state index in [0.717, 1.165) is 12.8 Å². The van der Waals surface area contributed by atoms with Crippen molar-refractivity contribution in [3.8, 4) is 0 Å². The first-order valence-electron chi connectivity index (χ1n) is 8.77. The molecule has 162 valence electrons. The monoisotopic (exact) mass is 438 g/mol. The molecule has 28 heavy (non-hydrogen) atoms. The number of H-pyrrole nitrogens is 2. The van der Waals surface area contributed by atoms with E-state index in [4.69, 9.17) is 9.11 Å². The Morgan fingerprint density at radius 2 is 1.11 bits per heavy atom. The molecule has 0 aliphatic heterocycles. The van der Waals surface area contributed by atoms with Crippen molar-refractivity contribution in [1.29, 1.82) is 0 Å². The first-order chi connectivity index (χ1) is 12.9. The van der Waals surface area contributed by atoms with E-state index in [-0.39, 0.29) is 0 Å². The van der Waals surface area contributed by atoms with E-state index in [9.17, 15) is 16.8 Å². The van der Waals surface area contributed by atoms with Gasteiger partial charge in [-0.3, -0.25) is 9.11 Å². The van der Waals surface area contributed by atoms with Gasteiger partial charge < -0.3 is 9.97 Å². The fourth-order valence-corrected chi connectivity index (χ4v) is 3.65. The second-order valence-electron chi connectivity index (χ2n) is 6.02. The highest BCUT2D eigenvalue weighted by Gasteiger charge is 2.11. The summed E-state index contributed by atoms with van der Waals surface area (Å²) in [6.45, 7) is 8.43. The highest BCUT2D eigenvalue weighted by Crippen LogP contribution is 2.03. The predicted molar refractivity (Wildman–Crippen MR) is 107 cm³/mol. The van der Waals surface area contributed by atoms with Gasteiger partial charge >= 0.3 is 0 Å². The Morgan fingerprint density at radius 3 is 1.29 bits per heavy atom. The van der Waals surface area contributed by atoms with Gasteiger partial charge in [-0.05, 0) is 26.7 Å². The highest BCUT2D eigenvalue weighted by atomic mass is 32.2. The molecular weight excluding hydrogens is 408 g/mol. The van der Waals surface area contributed by atoms with Crippen LogP contribution in [0, 0.1) is 13.8 Å². The van der Waals surface area contributed by atoms with Gasteiger partial charge in [-0.25, -0.2) is 9.97 Å². The normalized spacial score (nSPS) is 11.2. The van der Waals surface area contributed by atoms with Crippen molar-refractivity contribution in [2.45, 2.75) is 53.4 Å². The zero-order chi connectivity index (χ0) is 21.8. The molecule has 2 aromatic heterocycles. The van der Waals surface area contributed by atoms with Crippen molar-refractivity contribution in [1.82, 2.24) is 19.9 Å². The number of rotatable bonds is 7. The number of aromatic nitrogens is 4. The number of nitrogens with zero attached hydrogens (tertiary/aromatic N) is 2. The largest absolute Gasteiger partial charge is 0.348 e. The molecule has 0 aromatic carbocycles. The van der Waals surface area contributed by atoms with Crippen LogP contribution in [0.4, 0.5) is 0 Å². The molecule has 12 heteroatoms. The molecule has 0 spiro atoms. The minimum atomic E-state index is -4.30. The smallest absolute Gasteiger partial charge is 0.265 e. The molecule has 0 fully saturated rings. The van der Waals surface area contributed by atoms with Gasteiger partial charge in [0, 0.05) is 11.4 Å².